The SMILES string of the molecule is CC1(C(=O)O)CCCN1C(=O)CCCc1ccc(F)c(F)c1. The first-order chi connectivity index (χ1) is 10.3. The third-order valence-corrected chi connectivity index (χ3v) is 4.24. The number of rotatable bonds is 5. The fraction of sp³-hybridized carbons (Fsp3) is 0.500. The Kier molecular flexibility index (Phi) is 4.78. The number of aliphatic carboxylic acids is 1. The zero-order valence-corrected chi connectivity index (χ0v) is 12.4. The number of likely N-dealkylation sites (tertiary alicyclic amines) is 1. The first-order valence-corrected chi connectivity index (χ1v) is 7.32. The smallest absolute Gasteiger partial charge is 0.329 e. The average Bonchev–Trinajstić information content (AvgIpc) is 2.86. The van der Waals surface area contributed by atoms with Crippen molar-refractivity contribution in [2.45, 2.75) is 44.6 Å². The lowest BCUT2D eigenvalue weighted by Crippen LogP contribution is -2.50. The first-order valence-electron chi connectivity index (χ1n) is 7.32. The Balaban J connectivity index is 1.90. The van der Waals surface area contributed by atoms with E-state index in [1.54, 1.807) is 6.92 Å². The van der Waals surface area contributed by atoms with Gasteiger partial charge in [-0.05, 0) is 50.3 Å². The molecule has 0 bridgehead atoms. The first kappa shape index (κ1) is 16.4. The number of carbonyl (C=O) groups excluding carboxylic acids is 1. The molecule has 1 aliphatic rings. The van der Waals surface area contributed by atoms with Crippen LogP contribution < -0.4 is 0 Å². The van der Waals surface area contributed by atoms with Crippen LogP contribution in [-0.4, -0.2) is 34.0 Å². The van der Waals surface area contributed by atoms with Crippen molar-refractivity contribution >= 4 is 11.9 Å². The van der Waals surface area contributed by atoms with Gasteiger partial charge < -0.3 is 10.0 Å². The van der Waals surface area contributed by atoms with Gasteiger partial charge in [0.25, 0.3) is 0 Å². The van der Waals surface area contributed by atoms with Gasteiger partial charge in [-0.25, -0.2) is 13.6 Å². The molecule has 2 rings (SSSR count). The van der Waals surface area contributed by atoms with Crippen molar-refractivity contribution in [2.75, 3.05) is 6.54 Å². The van der Waals surface area contributed by atoms with Gasteiger partial charge in [0.05, 0.1) is 0 Å². The number of carboxylic acids is 1. The van der Waals surface area contributed by atoms with Crippen molar-refractivity contribution in [3.05, 3.63) is 35.4 Å². The van der Waals surface area contributed by atoms with E-state index in [0.717, 1.165) is 12.1 Å². The lowest BCUT2D eigenvalue weighted by molar-refractivity contribution is -0.155. The summed E-state index contributed by atoms with van der Waals surface area (Å²) >= 11 is 0. The van der Waals surface area contributed by atoms with Gasteiger partial charge in [0.2, 0.25) is 5.91 Å². The van der Waals surface area contributed by atoms with Crippen LogP contribution in [0.1, 0.15) is 38.2 Å². The zero-order valence-electron chi connectivity index (χ0n) is 12.4. The number of benzene rings is 1. The molecule has 1 aromatic rings. The van der Waals surface area contributed by atoms with Crippen LogP contribution in [0.2, 0.25) is 0 Å². The second-order valence-corrected chi connectivity index (χ2v) is 5.83. The highest BCUT2D eigenvalue weighted by Gasteiger charge is 2.45. The minimum absolute atomic E-state index is 0.196. The number of halogens is 2. The Bertz CT molecular complexity index is 591. The van der Waals surface area contributed by atoms with Gasteiger partial charge in [0.15, 0.2) is 11.6 Å². The van der Waals surface area contributed by atoms with E-state index in [4.69, 9.17) is 0 Å². The normalized spacial score (nSPS) is 21.1. The fourth-order valence-corrected chi connectivity index (χ4v) is 2.86. The molecule has 6 heteroatoms. The third-order valence-electron chi connectivity index (χ3n) is 4.24. The molecule has 1 N–H and O–H groups in total. The molecule has 1 saturated heterocycles. The Hall–Kier alpha value is -1.98. The van der Waals surface area contributed by atoms with E-state index in [0.29, 0.717) is 37.8 Å². The molecule has 0 aliphatic carbocycles. The predicted octanol–water partition coefficient (Wildman–Crippen LogP) is 2.75. The van der Waals surface area contributed by atoms with Gasteiger partial charge >= 0.3 is 5.97 Å². The zero-order chi connectivity index (χ0) is 16.3. The highest BCUT2D eigenvalue weighted by Crippen LogP contribution is 2.30. The largest absolute Gasteiger partial charge is 0.480 e. The van der Waals surface area contributed by atoms with Gasteiger partial charge in [-0.2, -0.15) is 0 Å². The lowest BCUT2D eigenvalue weighted by atomic mass is 9.98. The van der Waals surface area contributed by atoms with E-state index >= 15 is 0 Å². The number of hydrogen-bond acceptors (Lipinski definition) is 2. The summed E-state index contributed by atoms with van der Waals surface area (Å²) in [5.41, 5.74) is -0.506. The van der Waals surface area contributed by atoms with Crippen molar-refractivity contribution in [1.29, 1.82) is 0 Å². The molecule has 22 heavy (non-hydrogen) atoms. The second-order valence-electron chi connectivity index (χ2n) is 5.83. The number of aryl methyl sites for hydroxylation is 1. The van der Waals surface area contributed by atoms with Crippen molar-refractivity contribution in [3.63, 3.8) is 0 Å². The van der Waals surface area contributed by atoms with Crippen LogP contribution in [0, 0.1) is 11.6 Å². The minimum Gasteiger partial charge on any atom is -0.480 e. The van der Waals surface area contributed by atoms with Crippen LogP contribution in [0.3, 0.4) is 0 Å². The molecule has 1 atom stereocenters. The van der Waals surface area contributed by atoms with E-state index < -0.39 is 23.1 Å². The number of amides is 1. The summed E-state index contributed by atoms with van der Waals surface area (Å²) in [4.78, 5) is 25.0. The Morgan fingerprint density at radius 1 is 1.32 bits per heavy atom. The van der Waals surface area contributed by atoms with E-state index in [1.165, 1.54) is 11.0 Å². The molecule has 0 aromatic heterocycles. The molecule has 0 radical (unpaired) electrons. The number of carboxylic acid groups (broad SMARTS) is 1. The highest BCUT2D eigenvalue weighted by molar-refractivity contribution is 5.87. The number of carbonyl (C=O) groups is 2. The molecule has 1 aliphatic heterocycles. The van der Waals surface area contributed by atoms with Crippen molar-refractivity contribution < 1.29 is 23.5 Å². The maximum atomic E-state index is 13.1. The van der Waals surface area contributed by atoms with Gasteiger partial charge in [-0.15, -0.1) is 0 Å². The third kappa shape index (κ3) is 3.26. The van der Waals surface area contributed by atoms with Gasteiger partial charge in [0.1, 0.15) is 5.54 Å². The Labute approximate surface area is 127 Å². The number of nitrogens with zero attached hydrogens (tertiary/aromatic N) is 1. The Morgan fingerprint density at radius 3 is 2.68 bits per heavy atom. The monoisotopic (exact) mass is 311 g/mol. The maximum Gasteiger partial charge on any atom is 0.329 e. The summed E-state index contributed by atoms with van der Waals surface area (Å²) in [6.07, 6.45) is 2.24. The molecule has 1 amide bonds. The lowest BCUT2D eigenvalue weighted by Gasteiger charge is -2.31. The molecule has 0 spiro atoms. The van der Waals surface area contributed by atoms with Gasteiger partial charge in [-0.1, -0.05) is 6.07 Å². The molecule has 1 unspecified atom stereocenters. The van der Waals surface area contributed by atoms with E-state index in [2.05, 4.69) is 0 Å². The van der Waals surface area contributed by atoms with Crippen LogP contribution >= 0.6 is 0 Å². The Morgan fingerprint density at radius 2 is 2.05 bits per heavy atom. The fourth-order valence-electron chi connectivity index (χ4n) is 2.86. The molecule has 1 aromatic carbocycles. The standard InChI is InChI=1S/C16H19F2NO3/c1-16(15(21)22)8-3-9-19(16)14(20)5-2-4-11-6-7-12(17)13(18)10-11/h6-7,10H,2-5,8-9H2,1H3,(H,21,22). The minimum atomic E-state index is -1.13. The predicted molar refractivity (Wildman–Crippen MR) is 76.3 cm³/mol. The van der Waals surface area contributed by atoms with Crippen LogP contribution in [0.25, 0.3) is 0 Å². The average molecular weight is 311 g/mol. The number of hydrogen-bond donors (Lipinski definition) is 1. The summed E-state index contributed by atoms with van der Waals surface area (Å²) in [7, 11) is 0. The molecule has 120 valence electrons. The summed E-state index contributed by atoms with van der Waals surface area (Å²) < 4.78 is 25.9. The summed E-state index contributed by atoms with van der Waals surface area (Å²) in [5.74, 6) is -2.99. The summed E-state index contributed by atoms with van der Waals surface area (Å²) in [6.45, 7) is 2.02. The molecular weight excluding hydrogens is 292 g/mol. The molecular formula is C16H19F2NO3. The van der Waals surface area contributed by atoms with Crippen LogP contribution in [0.15, 0.2) is 18.2 Å². The van der Waals surface area contributed by atoms with Crippen molar-refractivity contribution in [3.8, 4) is 0 Å². The molecule has 4 nitrogen and oxygen atoms in total. The summed E-state index contributed by atoms with van der Waals surface area (Å²) in [6, 6.07) is 3.67. The topological polar surface area (TPSA) is 57.6 Å². The van der Waals surface area contributed by atoms with Crippen molar-refractivity contribution in [1.82, 2.24) is 4.90 Å². The molecule has 1 fully saturated rings. The van der Waals surface area contributed by atoms with Gasteiger partial charge in [0, 0.05) is 13.0 Å². The van der Waals surface area contributed by atoms with Crippen molar-refractivity contribution in [2.24, 2.45) is 0 Å². The highest BCUT2D eigenvalue weighted by atomic mass is 19.2. The quantitative estimate of drug-likeness (QED) is 0.909. The molecule has 0 saturated carbocycles. The van der Waals surface area contributed by atoms with Crippen LogP contribution in [-0.2, 0) is 16.0 Å². The van der Waals surface area contributed by atoms with E-state index in [-0.39, 0.29) is 12.3 Å². The van der Waals surface area contributed by atoms with E-state index in [9.17, 15) is 23.5 Å². The van der Waals surface area contributed by atoms with Crippen LogP contribution in [0.4, 0.5) is 8.78 Å². The second kappa shape index (κ2) is 6.42. The molecule has 1 heterocycles. The van der Waals surface area contributed by atoms with E-state index in [1.807, 2.05) is 0 Å². The van der Waals surface area contributed by atoms with Gasteiger partial charge in [-0.3, -0.25) is 4.79 Å². The maximum absolute atomic E-state index is 13.1. The summed E-state index contributed by atoms with van der Waals surface area (Å²) in [5, 5.41) is 9.28. The van der Waals surface area contributed by atoms with Crippen LogP contribution in [0.5, 0.6) is 0 Å².